The molecule has 0 aliphatic rings. The van der Waals surface area contributed by atoms with E-state index in [1.807, 2.05) is 0 Å². The van der Waals surface area contributed by atoms with E-state index in [4.69, 9.17) is 0 Å². The van der Waals surface area contributed by atoms with E-state index in [0.29, 0.717) is 0 Å². The quantitative estimate of drug-likeness (QED) is 0.677. The number of hydrogen-bond acceptors (Lipinski definition) is 4. The molecule has 0 N–H and O–H groups in total. The Hall–Kier alpha value is 0.820. The van der Waals surface area contributed by atoms with Gasteiger partial charge in [0.2, 0.25) is 0 Å². The first kappa shape index (κ1) is 11.8. The third-order valence-electron chi connectivity index (χ3n) is 0.503. The van der Waals surface area contributed by atoms with Gasteiger partial charge in [0.1, 0.15) is 9.32 Å². The van der Waals surface area contributed by atoms with Crippen LogP contribution in [-0.2, 0) is 20.0 Å². The number of halogens is 2. The molecule has 0 saturated heterocycles. The zero-order chi connectivity index (χ0) is 9.12. The molecule has 0 aliphatic heterocycles. The van der Waals surface area contributed by atoms with Crippen LogP contribution in [0.4, 0.5) is 0 Å². The Bertz CT molecular complexity index is 273. The summed E-state index contributed by atoms with van der Waals surface area (Å²) in [5.74, 6) is 0. The molecule has 0 bridgehead atoms. The molecular weight excluding hydrogens is 326 g/mol. The molecule has 0 rings (SSSR count). The summed E-state index contributed by atoms with van der Waals surface area (Å²) in [4.78, 5) is 0. The number of rotatable bonds is 4. The van der Waals surface area contributed by atoms with Gasteiger partial charge in [-0.05, 0) is 0 Å². The van der Waals surface area contributed by atoms with E-state index in [1.165, 1.54) is 0 Å². The van der Waals surface area contributed by atoms with Crippen molar-refractivity contribution in [3.05, 3.63) is 0 Å². The average Bonchev–Trinajstić information content (AvgIpc) is 1.86. The largest absolute Gasteiger partial charge is 0.252 e. The normalized spacial score (nSPS) is 13.3. The van der Waals surface area contributed by atoms with Crippen LogP contribution in [0, 0.1) is 0 Å². The SMILES string of the molecule is O=S(=O)(CBr)[N]S(=O)(=O)CBr. The lowest BCUT2D eigenvalue weighted by Crippen LogP contribution is -2.24. The van der Waals surface area contributed by atoms with Crippen LogP contribution in [0.25, 0.3) is 0 Å². The summed E-state index contributed by atoms with van der Waals surface area (Å²) in [7, 11) is -7.73. The van der Waals surface area contributed by atoms with Gasteiger partial charge < -0.3 is 0 Å². The molecule has 0 heterocycles. The molecule has 0 aliphatic carbocycles. The maximum Gasteiger partial charge on any atom is 0.252 e. The van der Waals surface area contributed by atoms with E-state index < -0.39 is 29.4 Å². The van der Waals surface area contributed by atoms with Crippen molar-refractivity contribution in [3.63, 3.8) is 0 Å². The lowest BCUT2D eigenvalue weighted by Gasteiger charge is -1.97. The van der Waals surface area contributed by atoms with Crippen LogP contribution in [0.3, 0.4) is 0 Å². The van der Waals surface area contributed by atoms with E-state index in [9.17, 15) is 16.8 Å². The first-order valence-corrected chi connectivity index (χ1v) is 7.60. The molecule has 67 valence electrons. The van der Waals surface area contributed by atoms with Gasteiger partial charge in [-0.1, -0.05) is 31.9 Å². The number of nitrogens with zero attached hydrogens (tertiary/aromatic N) is 1. The minimum absolute atomic E-state index is 0.494. The van der Waals surface area contributed by atoms with Gasteiger partial charge in [-0.2, -0.15) is 0 Å². The van der Waals surface area contributed by atoms with Crippen molar-refractivity contribution in [1.82, 2.24) is 4.13 Å². The fourth-order valence-electron chi connectivity index (χ4n) is 0.213. The van der Waals surface area contributed by atoms with Crippen LogP contribution >= 0.6 is 31.9 Å². The molecule has 0 atom stereocenters. The summed E-state index contributed by atoms with van der Waals surface area (Å²) >= 11 is 5.18. The second-order valence-corrected chi connectivity index (χ2v) is 7.56. The van der Waals surface area contributed by atoms with E-state index in [0.717, 1.165) is 0 Å². The summed E-state index contributed by atoms with van der Waals surface area (Å²) in [5, 5.41) is 0. The Kier molecular flexibility index (Phi) is 4.48. The predicted octanol–water partition coefficient (Wildman–Crippen LogP) is -0.0448. The lowest BCUT2D eigenvalue weighted by atomic mass is 11.9. The van der Waals surface area contributed by atoms with Crippen molar-refractivity contribution in [1.29, 1.82) is 0 Å². The Morgan fingerprint density at radius 2 is 1.18 bits per heavy atom. The molecule has 1 radical (unpaired) electrons. The summed E-state index contributed by atoms with van der Waals surface area (Å²) < 4.78 is 43.9. The molecule has 5 nitrogen and oxygen atoms in total. The topological polar surface area (TPSA) is 82.4 Å². The lowest BCUT2D eigenvalue weighted by molar-refractivity contribution is 0.581. The summed E-state index contributed by atoms with van der Waals surface area (Å²) in [6.07, 6.45) is 0. The van der Waals surface area contributed by atoms with Crippen LogP contribution < -0.4 is 4.13 Å². The Balaban J connectivity index is 4.54. The second-order valence-electron chi connectivity index (χ2n) is 1.46. The van der Waals surface area contributed by atoms with Crippen molar-refractivity contribution in [2.45, 2.75) is 0 Å². The molecule has 0 aromatic heterocycles. The maximum absolute atomic E-state index is 10.6. The Morgan fingerprint density at radius 3 is 1.36 bits per heavy atom. The summed E-state index contributed by atoms with van der Waals surface area (Å²) in [6, 6.07) is 0. The minimum atomic E-state index is -3.87. The smallest absolute Gasteiger partial charge is 0.209 e. The van der Waals surface area contributed by atoms with Gasteiger partial charge in [-0.25, -0.2) is 16.8 Å². The molecule has 0 amide bonds. The van der Waals surface area contributed by atoms with Crippen molar-refractivity contribution in [3.8, 4) is 0 Å². The third kappa shape index (κ3) is 5.12. The monoisotopic (exact) mass is 328 g/mol. The van der Waals surface area contributed by atoms with Gasteiger partial charge >= 0.3 is 0 Å². The number of sulfonamides is 2. The van der Waals surface area contributed by atoms with Gasteiger partial charge in [0.15, 0.2) is 0 Å². The van der Waals surface area contributed by atoms with Gasteiger partial charge in [0, 0.05) is 4.13 Å². The first-order chi connectivity index (χ1) is 4.83. The van der Waals surface area contributed by atoms with Crippen LogP contribution in [0.5, 0.6) is 0 Å². The molecule has 0 spiro atoms. The molecular formula is C2H4Br2NO4S2. The molecule has 0 saturated carbocycles. The maximum atomic E-state index is 10.6. The fraction of sp³-hybridized carbons (Fsp3) is 1.00. The predicted molar refractivity (Wildman–Crippen MR) is 47.6 cm³/mol. The molecule has 11 heavy (non-hydrogen) atoms. The molecule has 0 fully saturated rings. The zero-order valence-electron chi connectivity index (χ0n) is 5.07. The zero-order valence-corrected chi connectivity index (χ0v) is 9.87. The van der Waals surface area contributed by atoms with E-state index >= 15 is 0 Å². The van der Waals surface area contributed by atoms with Crippen LogP contribution in [0.2, 0.25) is 0 Å². The van der Waals surface area contributed by atoms with Crippen LogP contribution in [-0.4, -0.2) is 26.2 Å². The van der Waals surface area contributed by atoms with Crippen LogP contribution in [0.15, 0.2) is 0 Å². The van der Waals surface area contributed by atoms with Gasteiger partial charge in [0.05, 0.1) is 0 Å². The van der Waals surface area contributed by atoms with E-state index in [1.54, 1.807) is 0 Å². The minimum Gasteiger partial charge on any atom is -0.209 e. The number of alkyl halides is 2. The third-order valence-corrected chi connectivity index (χ3v) is 6.34. The van der Waals surface area contributed by atoms with Crippen LogP contribution in [0.1, 0.15) is 0 Å². The standard InChI is InChI=1S/C2H4Br2NO4S2/c3-1-10(6,7)5-11(8,9)2-4/h1-2H2. The molecule has 9 heteroatoms. The number of hydrogen-bond donors (Lipinski definition) is 0. The summed E-state index contributed by atoms with van der Waals surface area (Å²) in [6.45, 7) is 0. The van der Waals surface area contributed by atoms with Crippen molar-refractivity contribution >= 4 is 51.9 Å². The van der Waals surface area contributed by atoms with E-state index in [-0.39, 0.29) is 0 Å². The molecule has 0 unspecified atom stereocenters. The van der Waals surface area contributed by atoms with Gasteiger partial charge in [-0.3, -0.25) is 0 Å². The highest BCUT2D eigenvalue weighted by molar-refractivity contribution is 9.11. The Morgan fingerprint density at radius 1 is 0.909 bits per heavy atom. The van der Waals surface area contributed by atoms with Crippen molar-refractivity contribution in [2.24, 2.45) is 0 Å². The van der Waals surface area contributed by atoms with Gasteiger partial charge in [-0.15, -0.1) is 0 Å². The first-order valence-electron chi connectivity index (χ1n) is 2.14. The van der Waals surface area contributed by atoms with E-state index in [2.05, 4.69) is 36.0 Å². The molecule has 0 aromatic carbocycles. The highest BCUT2D eigenvalue weighted by Gasteiger charge is 2.20. The summed E-state index contributed by atoms with van der Waals surface area (Å²) in [5.41, 5.74) is 0. The average molecular weight is 330 g/mol. The van der Waals surface area contributed by atoms with Crippen molar-refractivity contribution in [2.75, 3.05) is 9.32 Å². The van der Waals surface area contributed by atoms with Gasteiger partial charge in [0.25, 0.3) is 20.0 Å². The Labute approximate surface area is 81.9 Å². The van der Waals surface area contributed by atoms with Crippen molar-refractivity contribution < 1.29 is 16.8 Å². The second kappa shape index (κ2) is 4.17. The highest BCUT2D eigenvalue weighted by atomic mass is 79.9. The fourth-order valence-corrected chi connectivity index (χ4v) is 3.42. The highest BCUT2D eigenvalue weighted by Crippen LogP contribution is 2.00. The molecule has 0 aromatic rings.